The number of amides is 1. The van der Waals surface area contributed by atoms with Gasteiger partial charge in [-0.3, -0.25) is 4.79 Å². The third-order valence-electron chi connectivity index (χ3n) is 2.31. The molecule has 0 saturated heterocycles. The van der Waals surface area contributed by atoms with Crippen LogP contribution in [0.1, 0.15) is 5.56 Å². The zero-order chi connectivity index (χ0) is 13.8. The van der Waals surface area contributed by atoms with Gasteiger partial charge in [-0.2, -0.15) is 0 Å². The summed E-state index contributed by atoms with van der Waals surface area (Å²) in [5.41, 5.74) is 1.65. The Kier molecular flexibility index (Phi) is 4.39. The van der Waals surface area contributed by atoms with Gasteiger partial charge in [-0.15, -0.1) is 5.10 Å². The molecule has 0 saturated carbocycles. The Morgan fingerprint density at radius 3 is 3.00 bits per heavy atom. The number of hydrogen-bond acceptors (Lipinski definition) is 5. The molecule has 2 rings (SSSR count). The summed E-state index contributed by atoms with van der Waals surface area (Å²) < 4.78 is 1.51. The van der Waals surface area contributed by atoms with Crippen molar-refractivity contribution in [3.05, 3.63) is 28.8 Å². The molecule has 0 spiro atoms. The number of carbonyl (C=O) groups is 1. The number of aromatic nitrogens is 4. The number of nitrogens with zero attached hydrogens (tertiary/aromatic N) is 4. The molecule has 1 amide bonds. The lowest BCUT2D eigenvalue weighted by atomic mass is 10.2. The van der Waals surface area contributed by atoms with Crippen molar-refractivity contribution in [3.8, 4) is 0 Å². The minimum atomic E-state index is -0.152. The zero-order valence-electron chi connectivity index (χ0n) is 10.4. The third-order valence-corrected chi connectivity index (χ3v) is 3.65. The summed E-state index contributed by atoms with van der Waals surface area (Å²) in [6.07, 6.45) is 0. The fourth-order valence-electron chi connectivity index (χ4n) is 1.39. The molecule has 6 nitrogen and oxygen atoms in total. The van der Waals surface area contributed by atoms with E-state index in [1.165, 1.54) is 16.4 Å². The van der Waals surface area contributed by atoms with E-state index in [4.69, 9.17) is 11.6 Å². The Labute approximate surface area is 119 Å². The highest BCUT2D eigenvalue weighted by molar-refractivity contribution is 7.99. The lowest BCUT2D eigenvalue weighted by Crippen LogP contribution is -2.15. The number of rotatable bonds is 4. The van der Waals surface area contributed by atoms with Crippen LogP contribution in [0.3, 0.4) is 0 Å². The fraction of sp³-hybridized carbons (Fsp3) is 0.273. The molecule has 19 heavy (non-hydrogen) atoms. The van der Waals surface area contributed by atoms with Crippen molar-refractivity contribution in [1.82, 2.24) is 20.2 Å². The SMILES string of the molecule is Cc1ccc(Cl)c(NC(=O)CSc2nnnn2C)c1. The van der Waals surface area contributed by atoms with Crippen LogP contribution < -0.4 is 5.32 Å². The number of hydrogen-bond donors (Lipinski definition) is 1. The van der Waals surface area contributed by atoms with E-state index in [1.807, 2.05) is 19.1 Å². The molecule has 8 heteroatoms. The highest BCUT2D eigenvalue weighted by Gasteiger charge is 2.09. The summed E-state index contributed by atoms with van der Waals surface area (Å²) in [4.78, 5) is 11.8. The van der Waals surface area contributed by atoms with Crippen molar-refractivity contribution in [2.24, 2.45) is 7.05 Å². The van der Waals surface area contributed by atoms with E-state index in [9.17, 15) is 4.79 Å². The van der Waals surface area contributed by atoms with Gasteiger partial charge in [0.1, 0.15) is 0 Å². The van der Waals surface area contributed by atoms with Gasteiger partial charge in [0, 0.05) is 7.05 Å². The van der Waals surface area contributed by atoms with Crippen molar-refractivity contribution in [2.45, 2.75) is 12.1 Å². The molecule has 0 aliphatic rings. The topological polar surface area (TPSA) is 72.7 Å². The van der Waals surface area contributed by atoms with Crippen LogP contribution in [0.5, 0.6) is 0 Å². The summed E-state index contributed by atoms with van der Waals surface area (Å²) >= 11 is 7.27. The number of carbonyl (C=O) groups excluding carboxylic acids is 1. The first-order valence-corrected chi connectivity index (χ1v) is 6.84. The minimum Gasteiger partial charge on any atom is -0.324 e. The standard InChI is InChI=1S/C11H12ClN5OS/c1-7-3-4-8(12)9(5-7)13-10(18)6-19-11-14-15-16-17(11)2/h3-5H,6H2,1-2H3,(H,13,18). The number of aryl methyl sites for hydroxylation is 2. The van der Waals surface area contributed by atoms with Crippen LogP contribution in [0.25, 0.3) is 0 Å². The van der Waals surface area contributed by atoms with Crippen molar-refractivity contribution < 1.29 is 4.79 Å². The van der Waals surface area contributed by atoms with Crippen molar-refractivity contribution in [2.75, 3.05) is 11.1 Å². The van der Waals surface area contributed by atoms with E-state index in [0.717, 1.165) is 5.56 Å². The Bertz CT molecular complexity index is 601. The van der Waals surface area contributed by atoms with Gasteiger partial charge in [-0.05, 0) is 35.0 Å². The summed E-state index contributed by atoms with van der Waals surface area (Å²) in [6, 6.07) is 5.47. The van der Waals surface area contributed by atoms with Crippen molar-refractivity contribution >= 4 is 35.0 Å². The van der Waals surface area contributed by atoms with Crippen LogP contribution in [-0.2, 0) is 11.8 Å². The smallest absolute Gasteiger partial charge is 0.234 e. The van der Waals surface area contributed by atoms with Gasteiger partial charge in [-0.25, -0.2) is 4.68 Å². The molecule has 2 aromatic rings. The molecule has 0 atom stereocenters. The van der Waals surface area contributed by atoms with Gasteiger partial charge in [0.25, 0.3) is 0 Å². The maximum absolute atomic E-state index is 11.8. The predicted octanol–water partition coefficient (Wildman–Crippen LogP) is 1.90. The van der Waals surface area contributed by atoms with Crippen LogP contribution in [0.2, 0.25) is 5.02 Å². The number of tetrazole rings is 1. The average molecular weight is 298 g/mol. The van der Waals surface area contributed by atoms with Gasteiger partial charge < -0.3 is 5.32 Å². The first-order chi connectivity index (χ1) is 9.06. The summed E-state index contributed by atoms with van der Waals surface area (Å²) in [5.74, 6) is 0.0684. The number of anilines is 1. The van der Waals surface area contributed by atoms with Crippen LogP contribution in [0, 0.1) is 6.92 Å². The lowest BCUT2D eigenvalue weighted by molar-refractivity contribution is -0.113. The van der Waals surface area contributed by atoms with Gasteiger partial charge in [0.2, 0.25) is 11.1 Å². The number of halogens is 1. The second kappa shape index (κ2) is 6.03. The third kappa shape index (κ3) is 3.68. The molecule has 1 aromatic carbocycles. The van der Waals surface area contributed by atoms with Gasteiger partial charge in [0.15, 0.2) is 0 Å². The van der Waals surface area contributed by atoms with E-state index in [1.54, 1.807) is 13.1 Å². The molecule has 0 aliphatic carbocycles. The van der Waals surface area contributed by atoms with Gasteiger partial charge >= 0.3 is 0 Å². The van der Waals surface area contributed by atoms with E-state index >= 15 is 0 Å². The first-order valence-electron chi connectivity index (χ1n) is 5.47. The van der Waals surface area contributed by atoms with Crippen LogP contribution in [0.4, 0.5) is 5.69 Å². The quantitative estimate of drug-likeness (QED) is 0.873. The van der Waals surface area contributed by atoms with E-state index in [2.05, 4.69) is 20.8 Å². The molecule has 0 unspecified atom stereocenters. The Morgan fingerprint density at radius 2 is 2.32 bits per heavy atom. The van der Waals surface area contributed by atoms with Crippen molar-refractivity contribution in [3.63, 3.8) is 0 Å². The molecule has 1 N–H and O–H groups in total. The van der Waals surface area contributed by atoms with Crippen LogP contribution >= 0.6 is 23.4 Å². The Balaban J connectivity index is 1.94. The van der Waals surface area contributed by atoms with Crippen molar-refractivity contribution in [1.29, 1.82) is 0 Å². The maximum atomic E-state index is 11.8. The minimum absolute atomic E-state index is 0.152. The molecule has 0 radical (unpaired) electrons. The normalized spacial score (nSPS) is 10.5. The molecular formula is C11H12ClN5OS. The molecular weight excluding hydrogens is 286 g/mol. The Morgan fingerprint density at radius 1 is 1.53 bits per heavy atom. The average Bonchev–Trinajstić information content (AvgIpc) is 2.77. The van der Waals surface area contributed by atoms with Gasteiger partial charge in [0.05, 0.1) is 16.5 Å². The summed E-state index contributed by atoms with van der Waals surface area (Å²) in [5, 5.41) is 14.8. The molecule has 100 valence electrons. The second-order valence-electron chi connectivity index (χ2n) is 3.91. The zero-order valence-corrected chi connectivity index (χ0v) is 12.0. The van der Waals surface area contributed by atoms with E-state index < -0.39 is 0 Å². The monoisotopic (exact) mass is 297 g/mol. The molecule has 0 bridgehead atoms. The maximum Gasteiger partial charge on any atom is 0.234 e. The van der Waals surface area contributed by atoms with Crippen LogP contribution in [-0.4, -0.2) is 31.9 Å². The highest BCUT2D eigenvalue weighted by Crippen LogP contribution is 2.23. The molecule has 1 heterocycles. The first kappa shape index (κ1) is 13.8. The van der Waals surface area contributed by atoms with Crippen LogP contribution in [0.15, 0.2) is 23.4 Å². The molecule has 1 aromatic heterocycles. The number of benzene rings is 1. The Hall–Kier alpha value is -1.60. The number of nitrogens with one attached hydrogen (secondary N) is 1. The molecule has 0 aliphatic heterocycles. The number of thioether (sulfide) groups is 1. The molecule has 0 fully saturated rings. The largest absolute Gasteiger partial charge is 0.324 e. The lowest BCUT2D eigenvalue weighted by Gasteiger charge is -2.07. The van der Waals surface area contributed by atoms with E-state index in [-0.39, 0.29) is 11.7 Å². The fourth-order valence-corrected chi connectivity index (χ4v) is 2.21. The highest BCUT2D eigenvalue weighted by atomic mass is 35.5. The second-order valence-corrected chi connectivity index (χ2v) is 5.25. The summed E-state index contributed by atoms with van der Waals surface area (Å²) in [6.45, 7) is 1.94. The van der Waals surface area contributed by atoms with Gasteiger partial charge in [-0.1, -0.05) is 29.4 Å². The van der Waals surface area contributed by atoms with E-state index in [0.29, 0.717) is 15.9 Å². The summed E-state index contributed by atoms with van der Waals surface area (Å²) in [7, 11) is 1.72. The predicted molar refractivity (Wildman–Crippen MR) is 74.3 cm³/mol.